The molecule has 5 nitrogen and oxygen atoms in total. The maximum atomic E-state index is 12.6. The summed E-state index contributed by atoms with van der Waals surface area (Å²) < 4.78 is 5.58. The number of carbonyl (C=O) groups excluding carboxylic acids is 1. The van der Waals surface area contributed by atoms with Crippen LogP contribution in [0.25, 0.3) is 10.9 Å². The van der Waals surface area contributed by atoms with E-state index in [1.54, 1.807) is 6.20 Å². The Bertz CT molecular complexity index is 701. The summed E-state index contributed by atoms with van der Waals surface area (Å²) in [5, 5.41) is 4.04. The lowest BCUT2D eigenvalue weighted by molar-refractivity contribution is -0.0355. The van der Waals surface area contributed by atoms with Crippen LogP contribution in [0.15, 0.2) is 30.5 Å². The van der Waals surface area contributed by atoms with Crippen molar-refractivity contribution in [2.45, 2.75) is 32.9 Å². The number of hydrogen-bond donors (Lipinski definition) is 1. The first-order valence-electron chi connectivity index (χ1n) is 7.61. The summed E-state index contributed by atoms with van der Waals surface area (Å²) in [5.74, 6) is 0. The lowest BCUT2D eigenvalue weighted by Gasteiger charge is -2.37. The molecule has 0 unspecified atom stereocenters. The van der Waals surface area contributed by atoms with E-state index in [1.165, 1.54) is 0 Å². The molecule has 22 heavy (non-hydrogen) atoms. The number of aryl methyl sites for hydroxylation is 1. The highest BCUT2D eigenvalue weighted by Gasteiger charge is 2.29. The van der Waals surface area contributed by atoms with E-state index in [1.807, 2.05) is 43.9 Å². The van der Waals surface area contributed by atoms with Gasteiger partial charge >= 0.3 is 6.03 Å². The summed E-state index contributed by atoms with van der Waals surface area (Å²) >= 11 is 0. The molecule has 0 bridgehead atoms. The fourth-order valence-electron chi connectivity index (χ4n) is 2.84. The largest absolute Gasteiger partial charge is 0.375 e. The Labute approximate surface area is 130 Å². The molecule has 2 aromatic rings. The molecular formula is C17H21N3O2. The molecule has 1 aliphatic heterocycles. The number of pyridine rings is 1. The number of ether oxygens (including phenoxy) is 1. The minimum atomic E-state index is -0.0970. The van der Waals surface area contributed by atoms with E-state index in [0.29, 0.717) is 13.2 Å². The van der Waals surface area contributed by atoms with Gasteiger partial charge in [-0.3, -0.25) is 4.98 Å². The molecule has 0 saturated carbocycles. The summed E-state index contributed by atoms with van der Waals surface area (Å²) in [6.45, 7) is 7.20. The number of nitrogens with zero attached hydrogens (tertiary/aromatic N) is 2. The number of aromatic nitrogens is 1. The first kappa shape index (κ1) is 14.8. The monoisotopic (exact) mass is 299 g/mol. The topological polar surface area (TPSA) is 54.5 Å². The van der Waals surface area contributed by atoms with Gasteiger partial charge in [-0.1, -0.05) is 6.07 Å². The second-order valence-electron chi connectivity index (χ2n) is 5.83. The Morgan fingerprint density at radius 3 is 3.05 bits per heavy atom. The molecule has 0 aliphatic carbocycles. The molecule has 5 heteroatoms. The number of benzene rings is 1. The zero-order valence-corrected chi connectivity index (χ0v) is 13.2. The summed E-state index contributed by atoms with van der Waals surface area (Å²) in [6, 6.07) is 7.89. The number of amides is 2. The maximum Gasteiger partial charge on any atom is 0.322 e. The zero-order valence-electron chi connectivity index (χ0n) is 13.2. The Balaban J connectivity index is 1.88. The summed E-state index contributed by atoms with van der Waals surface area (Å²) in [4.78, 5) is 18.8. The maximum absolute atomic E-state index is 12.6. The molecule has 1 aromatic heterocycles. The highest BCUT2D eigenvalue weighted by Crippen LogP contribution is 2.24. The number of anilines is 1. The van der Waals surface area contributed by atoms with Crippen molar-refractivity contribution >= 4 is 22.6 Å². The second-order valence-corrected chi connectivity index (χ2v) is 5.83. The van der Waals surface area contributed by atoms with Gasteiger partial charge in [0, 0.05) is 18.1 Å². The first-order valence-corrected chi connectivity index (χ1v) is 7.61. The summed E-state index contributed by atoms with van der Waals surface area (Å²) in [6.07, 6.45) is 1.79. The van der Waals surface area contributed by atoms with Crippen molar-refractivity contribution < 1.29 is 9.53 Å². The molecule has 1 fully saturated rings. The van der Waals surface area contributed by atoms with Crippen molar-refractivity contribution in [2.75, 3.05) is 18.5 Å². The van der Waals surface area contributed by atoms with E-state index < -0.39 is 0 Å². The molecule has 0 radical (unpaired) electrons. The van der Waals surface area contributed by atoms with Gasteiger partial charge in [0.15, 0.2) is 0 Å². The molecule has 2 atom stereocenters. The quantitative estimate of drug-likeness (QED) is 0.880. The van der Waals surface area contributed by atoms with Gasteiger partial charge in [-0.25, -0.2) is 4.79 Å². The van der Waals surface area contributed by atoms with Crippen LogP contribution >= 0.6 is 0 Å². The smallest absolute Gasteiger partial charge is 0.322 e. The van der Waals surface area contributed by atoms with E-state index in [9.17, 15) is 4.79 Å². The SMILES string of the molecule is Cc1cc(NC(=O)N2CCO[C@H](C)[C@@H]2C)c2ncccc2c1. The number of nitrogens with one attached hydrogen (secondary N) is 1. The van der Waals surface area contributed by atoms with Crippen LogP contribution in [-0.4, -0.2) is 41.2 Å². The summed E-state index contributed by atoms with van der Waals surface area (Å²) in [5.41, 5.74) is 2.67. The van der Waals surface area contributed by atoms with Crippen molar-refractivity contribution in [2.24, 2.45) is 0 Å². The highest BCUT2D eigenvalue weighted by atomic mass is 16.5. The third-order valence-electron chi connectivity index (χ3n) is 4.24. The van der Waals surface area contributed by atoms with Crippen molar-refractivity contribution in [1.82, 2.24) is 9.88 Å². The van der Waals surface area contributed by atoms with E-state index in [2.05, 4.69) is 16.4 Å². The molecule has 116 valence electrons. The molecule has 3 rings (SSSR count). The predicted molar refractivity (Wildman–Crippen MR) is 87.1 cm³/mol. The molecule has 1 N–H and O–H groups in total. The van der Waals surface area contributed by atoms with Crippen molar-refractivity contribution in [1.29, 1.82) is 0 Å². The average Bonchev–Trinajstić information content (AvgIpc) is 2.49. The van der Waals surface area contributed by atoms with Crippen LogP contribution < -0.4 is 5.32 Å². The number of fused-ring (bicyclic) bond motifs is 1. The molecule has 2 heterocycles. The van der Waals surface area contributed by atoms with Crippen LogP contribution in [0.3, 0.4) is 0 Å². The molecule has 1 aromatic carbocycles. The van der Waals surface area contributed by atoms with Crippen LogP contribution in [0, 0.1) is 6.92 Å². The van der Waals surface area contributed by atoms with Gasteiger partial charge in [0.25, 0.3) is 0 Å². The van der Waals surface area contributed by atoms with Crippen LogP contribution in [0.1, 0.15) is 19.4 Å². The van der Waals surface area contributed by atoms with E-state index in [0.717, 1.165) is 22.2 Å². The molecular weight excluding hydrogens is 278 g/mol. The third kappa shape index (κ3) is 2.76. The highest BCUT2D eigenvalue weighted by molar-refractivity contribution is 6.00. The van der Waals surface area contributed by atoms with Gasteiger partial charge in [-0.2, -0.15) is 0 Å². The molecule has 1 aliphatic rings. The van der Waals surface area contributed by atoms with Crippen LogP contribution in [0.5, 0.6) is 0 Å². The Morgan fingerprint density at radius 1 is 1.41 bits per heavy atom. The van der Waals surface area contributed by atoms with Gasteiger partial charge in [-0.15, -0.1) is 0 Å². The Kier molecular flexibility index (Phi) is 3.98. The number of urea groups is 1. The van der Waals surface area contributed by atoms with Gasteiger partial charge in [0.2, 0.25) is 0 Å². The van der Waals surface area contributed by atoms with Crippen molar-refractivity contribution in [3.05, 3.63) is 36.0 Å². The standard InChI is InChI=1S/C17H21N3O2/c1-11-9-14-5-4-6-18-16(14)15(10-11)19-17(21)20-7-8-22-13(3)12(20)2/h4-6,9-10,12-13H,7-8H2,1-3H3,(H,19,21)/t12-,13+/m0/s1. The zero-order chi connectivity index (χ0) is 15.7. The number of rotatable bonds is 1. The predicted octanol–water partition coefficient (Wildman–Crippen LogP) is 3.18. The fourth-order valence-corrected chi connectivity index (χ4v) is 2.84. The number of carbonyl (C=O) groups is 1. The van der Waals surface area contributed by atoms with Gasteiger partial charge in [-0.05, 0) is 44.5 Å². The Morgan fingerprint density at radius 2 is 2.23 bits per heavy atom. The van der Waals surface area contributed by atoms with E-state index in [4.69, 9.17) is 4.74 Å². The van der Waals surface area contributed by atoms with Crippen molar-refractivity contribution in [3.8, 4) is 0 Å². The minimum absolute atomic E-state index is 0.0480. The lowest BCUT2D eigenvalue weighted by atomic mass is 10.1. The average molecular weight is 299 g/mol. The van der Waals surface area contributed by atoms with Crippen LogP contribution in [0.2, 0.25) is 0 Å². The first-order chi connectivity index (χ1) is 10.6. The van der Waals surface area contributed by atoms with Crippen LogP contribution in [-0.2, 0) is 4.74 Å². The van der Waals surface area contributed by atoms with Gasteiger partial charge in [0.05, 0.1) is 30.0 Å². The van der Waals surface area contributed by atoms with Gasteiger partial charge in [0.1, 0.15) is 0 Å². The van der Waals surface area contributed by atoms with Crippen LogP contribution in [0.4, 0.5) is 10.5 Å². The fraction of sp³-hybridized carbons (Fsp3) is 0.412. The summed E-state index contributed by atoms with van der Waals surface area (Å²) in [7, 11) is 0. The van der Waals surface area contributed by atoms with Gasteiger partial charge < -0.3 is 15.0 Å². The molecule has 2 amide bonds. The minimum Gasteiger partial charge on any atom is -0.375 e. The van der Waals surface area contributed by atoms with Crippen molar-refractivity contribution in [3.63, 3.8) is 0 Å². The second kappa shape index (κ2) is 5.93. The third-order valence-corrected chi connectivity index (χ3v) is 4.24. The molecule has 0 spiro atoms. The van der Waals surface area contributed by atoms with E-state index in [-0.39, 0.29) is 18.2 Å². The van der Waals surface area contributed by atoms with E-state index >= 15 is 0 Å². The normalized spacial score (nSPS) is 21.9. The Hall–Kier alpha value is -2.14. The molecule has 1 saturated heterocycles. The lowest BCUT2D eigenvalue weighted by Crippen LogP contribution is -2.52. The number of hydrogen-bond acceptors (Lipinski definition) is 3. The number of morpholine rings is 1.